The second-order valence-electron chi connectivity index (χ2n) is 4.76. The van der Waals surface area contributed by atoms with Crippen LogP contribution in [-0.2, 0) is 14.3 Å². The van der Waals surface area contributed by atoms with Crippen molar-refractivity contribution in [2.24, 2.45) is 11.8 Å². The van der Waals surface area contributed by atoms with Crippen LogP contribution in [0.5, 0.6) is 0 Å². The molecule has 0 aromatic rings. The summed E-state index contributed by atoms with van der Waals surface area (Å²) in [7, 11) is 1.52. The number of ether oxygens (including phenoxy) is 2. The molecule has 0 N–H and O–H groups in total. The molecule has 0 amide bonds. The second-order valence-corrected chi connectivity index (χ2v) is 4.76. The minimum Gasteiger partial charge on any atom is -0.497 e. The van der Waals surface area contributed by atoms with Gasteiger partial charge in [0, 0.05) is 0 Å². The van der Waals surface area contributed by atoms with Crippen LogP contribution < -0.4 is 0 Å². The van der Waals surface area contributed by atoms with Crippen LogP contribution in [0.25, 0.3) is 0 Å². The van der Waals surface area contributed by atoms with E-state index in [1.54, 1.807) is 12.2 Å². The number of hydrogen-bond donors (Lipinski definition) is 0. The maximum Gasteiger partial charge on any atom is 0.314 e. The van der Waals surface area contributed by atoms with E-state index in [0.717, 1.165) is 12.8 Å². The lowest BCUT2D eigenvalue weighted by molar-refractivity contribution is -0.143. The number of hydrogen-bond acceptors (Lipinski definition) is 3. The van der Waals surface area contributed by atoms with E-state index < -0.39 is 0 Å². The summed E-state index contributed by atoms with van der Waals surface area (Å²) in [6.07, 6.45) is 5.02. The summed E-state index contributed by atoms with van der Waals surface area (Å²) < 4.78 is 9.98. The first-order chi connectivity index (χ1) is 8.36. The van der Waals surface area contributed by atoms with Crippen molar-refractivity contribution in [3.8, 4) is 0 Å². The Morgan fingerprint density at radius 1 is 1.11 bits per heavy atom. The van der Waals surface area contributed by atoms with Crippen LogP contribution in [-0.4, -0.2) is 13.1 Å². The SMILES string of the molecule is C=C(/C=C\C(=C)OC(=O)C(C)CCC(C)C)OC. The molecule has 0 heterocycles. The lowest BCUT2D eigenvalue weighted by atomic mass is 10.00. The van der Waals surface area contributed by atoms with Crippen LogP contribution in [0.1, 0.15) is 33.6 Å². The summed E-state index contributed by atoms with van der Waals surface area (Å²) in [5, 5.41) is 0. The summed E-state index contributed by atoms with van der Waals surface area (Å²) in [5.74, 6) is 1.03. The van der Waals surface area contributed by atoms with Gasteiger partial charge in [-0.15, -0.1) is 0 Å². The van der Waals surface area contributed by atoms with Crippen LogP contribution in [0.15, 0.2) is 36.8 Å². The maximum atomic E-state index is 11.7. The van der Waals surface area contributed by atoms with E-state index in [2.05, 4.69) is 27.0 Å². The van der Waals surface area contributed by atoms with Gasteiger partial charge >= 0.3 is 5.97 Å². The van der Waals surface area contributed by atoms with E-state index in [0.29, 0.717) is 17.4 Å². The molecule has 1 atom stereocenters. The molecule has 0 aliphatic heterocycles. The van der Waals surface area contributed by atoms with Crippen molar-refractivity contribution in [1.82, 2.24) is 0 Å². The summed E-state index contributed by atoms with van der Waals surface area (Å²) >= 11 is 0. The zero-order chi connectivity index (χ0) is 14.1. The summed E-state index contributed by atoms with van der Waals surface area (Å²) in [5.41, 5.74) is 0. The quantitative estimate of drug-likeness (QED) is 0.374. The molecule has 0 radical (unpaired) electrons. The third-order valence-electron chi connectivity index (χ3n) is 2.53. The van der Waals surface area contributed by atoms with E-state index in [1.807, 2.05) is 6.92 Å². The van der Waals surface area contributed by atoms with Crippen LogP contribution in [0.2, 0.25) is 0 Å². The van der Waals surface area contributed by atoms with Gasteiger partial charge in [-0.05, 0) is 24.5 Å². The Hall–Kier alpha value is -1.51. The Morgan fingerprint density at radius 3 is 2.17 bits per heavy atom. The molecule has 0 aliphatic rings. The zero-order valence-corrected chi connectivity index (χ0v) is 11.9. The van der Waals surface area contributed by atoms with Gasteiger partial charge in [-0.1, -0.05) is 40.3 Å². The van der Waals surface area contributed by atoms with E-state index in [4.69, 9.17) is 9.47 Å². The van der Waals surface area contributed by atoms with Crippen molar-refractivity contribution in [2.75, 3.05) is 7.11 Å². The lowest BCUT2D eigenvalue weighted by Gasteiger charge is -2.12. The molecule has 0 fully saturated rings. The van der Waals surface area contributed by atoms with Gasteiger partial charge in [0.1, 0.15) is 11.5 Å². The first-order valence-corrected chi connectivity index (χ1v) is 6.18. The van der Waals surface area contributed by atoms with Gasteiger partial charge < -0.3 is 9.47 Å². The maximum absolute atomic E-state index is 11.7. The standard InChI is InChI=1S/C15H24O3/c1-11(2)7-8-12(3)15(16)18-14(5)10-9-13(4)17-6/h9-12H,4-5,7-8H2,1-3,6H3/b10-9-. The number of methoxy groups -OCH3 is 1. The predicted molar refractivity (Wildman–Crippen MR) is 73.8 cm³/mol. The number of allylic oxidation sites excluding steroid dienone is 2. The molecule has 0 aliphatic carbocycles. The number of rotatable bonds is 8. The second kappa shape index (κ2) is 8.56. The molecule has 0 saturated heterocycles. The molecule has 0 spiro atoms. The predicted octanol–water partition coefficient (Wildman–Crippen LogP) is 3.83. The Bertz CT molecular complexity index is 327. The highest BCUT2D eigenvalue weighted by molar-refractivity contribution is 5.73. The summed E-state index contributed by atoms with van der Waals surface area (Å²) in [4.78, 5) is 11.7. The monoisotopic (exact) mass is 252 g/mol. The zero-order valence-electron chi connectivity index (χ0n) is 11.9. The summed E-state index contributed by atoms with van der Waals surface area (Å²) in [6, 6.07) is 0. The largest absolute Gasteiger partial charge is 0.497 e. The molecule has 1 unspecified atom stereocenters. The minimum atomic E-state index is -0.242. The molecule has 3 nitrogen and oxygen atoms in total. The normalized spacial score (nSPS) is 12.5. The third kappa shape index (κ3) is 7.71. The fourth-order valence-electron chi connectivity index (χ4n) is 1.22. The molecule has 0 bridgehead atoms. The average molecular weight is 252 g/mol. The molecule has 102 valence electrons. The lowest BCUT2D eigenvalue weighted by Crippen LogP contribution is -2.14. The Morgan fingerprint density at radius 2 is 1.67 bits per heavy atom. The Labute approximate surface area is 110 Å². The van der Waals surface area contributed by atoms with Gasteiger partial charge in [0.2, 0.25) is 0 Å². The van der Waals surface area contributed by atoms with Crippen molar-refractivity contribution < 1.29 is 14.3 Å². The highest BCUT2D eigenvalue weighted by atomic mass is 16.5. The highest BCUT2D eigenvalue weighted by Crippen LogP contribution is 2.14. The average Bonchev–Trinajstić information content (AvgIpc) is 2.32. The van der Waals surface area contributed by atoms with Gasteiger partial charge in [0.15, 0.2) is 0 Å². The van der Waals surface area contributed by atoms with Crippen molar-refractivity contribution >= 4 is 5.97 Å². The van der Waals surface area contributed by atoms with Crippen LogP contribution in [0.3, 0.4) is 0 Å². The van der Waals surface area contributed by atoms with E-state index in [-0.39, 0.29) is 11.9 Å². The van der Waals surface area contributed by atoms with Crippen LogP contribution in [0, 0.1) is 11.8 Å². The van der Waals surface area contributed by atoms with E-state index in [1.165, 1.54) is 7.11 Å². The molecule has 0 rings (SSSR count). The Balaban J connectivity index is 4.11. The number of carbonyl (C=O) groups is 1. The van der Waals surface area contributed by atoms with Gasteiger partial charge in [-0.3, -0.25) is 4.79 Å². The van der Waals surface area contributed by atoms with E-state index >= 15 is 0 Å². The van der Waals surface area contributed by atoms with Gasteiger partial charge in [-0.2, -0.15) is 0 Å². The molecule has 0 aromatic heterocycles. The van der Waals surface area contributed by atoms with Crippen molar-refractivity contribution in [3.05, 3.63) is 36.8 Å². The molecular formula is C15H24O3. The summed E-state index contributed by atoms with van der Waals surface area (Å²) in [6.45, 7) is 13.4. The van der Waals surface area contributed by atoms with Crippen molar-refractivity contribution in [1.29, 1.82) is 0 Å². The number of esters is 1. The van der Waals surface area contributed by atoms with Crippen molar-refractivity contribution in [3.63, 3.8) is 0 Å². The first kappa shape index (κ1) is 16.5. The topological polar surface area (TPSA) is 35.5 Å². The molecule has 18 heavy (non-hydrogen) atoms. The smallest absolute Gasteiger partial charge is 0.314 e. The van der Waals surface area contributed by atoms with Crippen LogP contribution >= 0.6 is 0 Å². The third-order valence-corrected chi connectivity index (χ3v) is 2.53. The van der Waals surface area contributed by atoms with Gasteiger partial charge in [0.25, 0.3) is 0 Å². The molecular weight excluding hydrogens is 228 g/mol. The first-order valence-electron chi connectivity index (χ1n) is 6.18. The fourth-order valence-corrected chi connectivity index (χ4v) is 1.22. The Kier molecular flexibility index (Phi) is 7.84. The van der Waals surface area contributed by atoms with E-state index in [9.17, 15) is 4.79 Å². The molecule has 0 saturated carbocycles. The minimum absolute atomic E-state index is 0.108. The fraction of sp³-hybridized carbons (Fsp3) is 0.533. The van der Waals surface area contributed by atoms with Gasteiger partial charge in [-0.25, -0.2) is 0 Å². The van der Waals surface area contributed by atoms with Crippen LogP contribution in [0.4, 0.5) is 0 Å². The molecule has 0 aromatic carbocycles. The molecule has 3 heteroatoms. The highest BCUT2D eigenvalue weighted by Gasteiger charge is 2.15. The number of carbonyl (C=O) groups excluding carboxylic acids is 1. The van der Waals surface area contributed by atoms with Crippen molar-refractivity contribution in [2.45, 2.75) is 33.6 Å². The van der Waals surface area contributed by atoms with Gasteiger partial charge in [0.05, 0.1) is 13.0 Å².